The van der Waals surface area contributed by atoms with Crippen molar-refractivity contribution in [2.45, 2.75) is 39.9 Å². The van der Waals surface area contributed by atoms with Crippen molar-refractivity contribution >= 4 is 17.5 Å². The summed E-state index contributed by atoms with van der Waals surface area (Å²) in [6.07, 6.45) is -0.00405. The molecule has 2 unspecified atom stereocenters. The Kier molecular flexibility index (Phi) is 5.67. The van der Waals surface area contributed by atoms with Crippen molar-refractivity contribution < 1.29 is 9.53 Å². The van der Waals surface area contributed by atoms with Gasteiger partial charge in [0.15, 0.2) is 0 Å². The lowest BCUT2D eigenvalue weighted by atomic mass is 10.1. The van der Waals surface area contributed by atoms with Crippen LogP contribution in [0.1, 0.15) is 35.5 Å². The molecule has 0 N–H and O–H groups in total. The molecule has 1 aromatic heterocycles. The summed E-state index contributed by atoms with van der Waals surface area (Å²) in [5.74, 6) is -0.0521. The smallest absolute Gasteiger partial charge is 0.272 e. The van der Waals surface area contributed by atoms with Crippen LogP contribution in [0.4, 0.5) is 0 Å². The first-order valence-electron chi connectivity index (χ1n) is 10.2. The fourth-order valence-electron chi connectivity index (χ4n) is 3.97. The third kappa shape index (κ3) is 4.00. The van der Waals surface area contributed by atoms with Crippen molar-refractivity contribution in [1.29, 1.82) is 0 Å². The number of amides is 1. The average Bonchev–Trinajstić information content (AvgIpc) is 3.13. The van der Waals surface area contributed by atoms with Gasteiger partial charge in [-0.3, -0.25) is 4.79 Å². The molecule has 4 rings (SSSR count). The molecule has 2 heterocycles. The predicted octanol–water partition coefficient (Wildman–Crippen LogP) is 5.06. The molecule has 1 aliphatic rings. The van der Waals surface area contributed by atoms with Gasteiger partial charge in [-0.2, -0.15) is 5.10 Å². The molecule has 0 spiro atoms. The molecule has 6 heteroatoms. The molecule has 2 aromatic carbocycles. The second kappa shape index (κ2) is 8.25. The predicted molar refractivity (Wildman–Crippen MR) is 119 cm³/mol. The Morgan fingerprint density at radius 3 is 2.47 bits per heavy atom. The summed E-state index contributed by atoms with van der Waals surface area (Å²) in [5.41, 5.74) is 5.07. The summed E-state index contributed by atoms with van der Waals surface area (Å²) in [4.78, 5) is 15.4. The molecular formula is C24H26ClN3O2. The average molecular weight is 424 g/mol. The first-order chi connectivity index (χ1) is 14.3. The third-order valence-corrected chi connectivity index (χ3v) is 5.71. The summed E-state index contributed by atoms with van der Waals surface area (Å²) in [5, 5.41) is 5.43. The number of benzene rings is 2. The number of aromatic nitrogens is 2. The van der Waals surface area contributed by atoms with E-state index in [2.05, 4.69) is 18.2 Å². The van der Waals surface area contributed by atoms with E-state index in [0.717, 1.165) is 22.4 Å². The normalized spacial score (nSPS) is 19.2. The topological polar surface area (TPSA) is 47.4 Å². The van der Waals surface area contributed by atoms with Crippen LogP contribution in [-0.4, -0.2) is 45.9 Å². The van der Waals surface area contributed by atoms with Crippen LogP contribution < -0.4 is 0 Å². The van der Waals surface area contributed by atoms with Crippen LogP contribution in [0.15, 0.2) is 48.5 Å². The van der Waals surface area contributed by atoms with E-state index in [0.29, 0.717) is 29.5 Å². The molecule has 0 aliphatic carbocycles. The van der Waals surface area contributed by atoms with E-state index >= 15 is 0 Å². The van der Waals surface area contributed by atoms with Crippen LogP contribution >= 0.6 is 11.6 Å². The molecule has 1 amide bonds. The first kappa shape index (κ1) is 20.6. The SMILES string of the molecule is Cc1ccc(C)c(-n2nc(-c3ccccc3Cl)cc2C(=O)N2CC(C)OC(C)C2)c1. The van der Waals surface area contributed by atoms with Crippen molar-refractivity contribution in [1.82, 2.24) is 14.7 Å². The van der Waals surface area contributed by atoms with Crippen LogP contribution in [0.2, 0.25) is 5.02 Å². The van der Waals surface area contributed by atoms with Gasteiger partial charge < -0.3 is 9.64 Å². The summed E-state index contributed by atoms with van der Waals surface area (Å²) in [6, 6.07) is 15.6. The number of aryl methyl sites for hydroxylation is 2. The maximum absolute atomic E-state index is 13.6. The first-order valence-corrected chi connectivity index (χ1v) is 10.6. The van der Waals surface area contributed by atoms with Crippen molar-refractivity contribution in [3.63, 3.8) is 0 Å². The van der Waals surface area contributed by atoms with Gasteiger partial charge in [-0.25, -0.2) is 4.68 Å². The lowest BCUT2D eigenvalue weighted by Crippen LogP contribution is -2.48. The van der Waals surface area contributed by atoms with Crippen LogP contribution in [0.5, 0.6) is 0 Å². The highest BCUT2D eigenvalue weighted by Gasteiger charge is 2.30. The Hall–Kier alpha value is -2.63. The minimum absolute atomic E-state index is 0.00202. The highest BCUT2D eigenvalue weighted by atomic mass is 35.5. The summed E-state index contributed by atoms with van der Waals surface area (Å²) in [7, 11) is 0. The Morgan fingerprint density at radius 1 is 1.07 bits per heavy atom. The number of carbonyl (C=O) groups excluding carboxylic acids is 1. The molecular weight excluding hydrogens is 398 g/mol. The summed E-state index contributed by atoms with van der Waals surface area (Å²) >= 11 is 6.43. The number of hydrogen-bond donors (Lipinski definition) is 0. The van der Waals surface area contributed by atoms with E-state index in [1.165, 1.54) is 0 Å². The maximum atomic E-state index is 13.6. The minimum atomic E-state index is -0.0521. The lowest BCUT2D eigenvalue weighted by Gasteiger charge is -2.35. The minimum Gasteiger partial charge on any atom is -0.372 e. The molecule has 0 radical (unpaired) electrons. The molecule has 1 saturated heterocycles. The Balaban J connectivity index is 1.85. The van der Waals surface area contributed by atoms with E-state index in [9.17, 15) is 4.79 Å². The van der Waals surface area contributed by atoms with Crippen molar-refractivity contribution in [3.05, 3.63) is 70.4 Å². The van der Waals surface area contributed by atoms with E-state index in [4.69, 9.17) is 21.4 Å². The van der Waals surface area contributed by atoms with Crippen molar-refractivity contribution in [2.24, 2.45) is 0 Å². The quantitative estimate of drug-likeness (QED) is 0.591. The largest absolute Gasteiger partial charge is 0.372 e. The lowest BCUT2D eigenvalue weighted by molar-refractivity contribution is -0.0588. The fraction of sp³-hybridized carbons (Fsp3) is 0.333. The number of halogens is 1. The molecule has 0 bridgehead atoms. The second-order valence-electron chi connectivity index (χ2n) is 8.06. The van der Waals surface area contributed by atoms with Gasteiger partial charge in [0.05, 0.1) is 28.6 Å². The van der Waals surface area contributed by atoms with E-state index in [-0.39, 0.29) is 18.1 Å². The molecule has 1 fully saturated rings. The molecule has 3 aromatic rings. The van der Waals surface area contributed by atoms with Gasteiger partial charge in [0.1, 0.15) is 5.69 Å². The van der Waals surface area contributed by atoms with Crippen molar-refractivity contribution in [2.75, 3.05) is 13.1 Å². The van der Waals surface area contributed by atoms with Crippen LogP contribution in [0, 0.1) is 13.8 Å². The Labute approximate surface area is 182 Å². The number of carbonyl (C=O) groups is 1. The van der Waals surface area contributed by atoms with Gasteiger partial charge in [-0.05, 0) is 57.0 Å². The van der Waals surface area contributed by atoms with Crippen LogP contribution in [0.3, 0.4) is 0 Å². The molecule has 156 valence electrons. The van der Waals surface area contributed by atoms with Crippen LogP contribution in [0.25, 0.3) is 16.9 Å². The van der Waals surface area contributed by atoms with E-state index in [1.807, 2.05) is 62.9 Å². The van der Waals surface area contributed by atoms with Gasteiger partial charge in [0.2, 0.25) is 0 Å². The number of nitrogens with zero attached hydrogens (tertiary/aromatic N) is 3. The van der Waals surface area contributed by atoms with Gasteiger partial charge in [0, 0.05) is 18.7 Å². The highest BCUT2D eigenvalue weighted by molar-refractivity contribution is 6.33. The molecule has 5 nitrogen and oxygen atoms in total. The monoisotopic (exact) mass is 423 g/mol. The van der Waals surface area contributed by atoms with Crippen molar-refractivity contribution in [3.8, 4) is 16.9 Å². The zero-order chi connectivity index (χ0) is 21.4. The zero-order valence-electron chi connectivity index (χ0n) is 17.7. The highest BCUT2D eigenvalue weighted by Crippen LogP contribution is 2.30. The maximum Gasteiger partial charge on any atom is 0.272 e. The van der Waals surface area contributed by atoms with E-state index < -0.39 is 0 Å². The second-order valence-corrected chi connectivity index (χ2v) is 8.47. The van der Waals surface area contributed by atoms with Gasteiger partial charge in [0.25, 0.3) is 5.91 Å². The Morgan fingerprint density at radius 2 is 1.77 bits per heavy atom. The standard InChI is InChI=1S/C24H26ClN3O2/c1-15-9-10-16(2)22(11-15)28-23(24(29)27-13-17(3)30-18(4)14-27)12-21(26-28)19-7-5-6-8-20(19)25/h5-12,17-18H,13-14H2,1-4H3. The number of ether oxygens (including phenoxy) is 1. The van der Waals surface area contributed by atoms with Gasteiger partial charge in [-0.1, -0.05) is 41.9 Å². The molecule has 1 aliphatic heterocycles. The number of hydrogen-bond acceptors (Lipinski definition) is 3. The fourth-order valence-corrected chi connectivity index (χ4v) is 4.20. The van der Waals surface area contributed by atoms with Crippen LogP contribution in [-0.2, 0) is 4.74 Å². The van der Waals surface area contributed by atoms with Gasteiger partial charge >= 0.3 is 0 Å². The Bertz CT molecular complexity index is 1080. The molecule has 0 saturated carbocycles. The molecule has 30 heavy (non-hydrogen) atoms. The van der Waals surface area contributed by atoms with E-state index in [1.54, 1.807) is 4.68 Å². The third-order valence-electron chi connectivity index (χ3n) is 5.38. The summed E-state index contributed by atoms with van der Waals surface area (Å²) in [6.45, 7) is 9.17. The summed E-state index contributed by atoms with van der Waals surface area (Å²) < 4.78 is 7.57. The van der Waals surface area contributed by atoms with Gasteiger partial charge in [-0.15, -0.1) is 0 Å². The number of morpholine rings is 1. The zero-order valence-corrected chi connectivity index (χ0v) is 18.5. The molecule has 2 atom stereocenters. The number of rotatable bonds is 3.